The van der Waals surface area contributed by atoms with Gasteiger partial charge >= 0.3 is 0 Å². The summed E-state index contributed by atoms with van der Waals surface area (Å²) in [5.74, 6) is 0.780. The van der Waals surface area contributed by atoms with Gasteiger partial charge in [-0.15, -0.1) is 0 Å². The molecule has 2 N–H and O–H groups in total. The maximum Gasteiger partial charge on any atom is 0.0249 e. The molecule has 0 bridgehead atoms. The summed E-state index contributed by atoms with van der Waals surface area (Å²) >= 11 is 0. The van der Waals surface area contributed by atoms with Crippen molar-refractivity contribution in [2.75, 3.05) is 13.1 Å². The standard InChI is InChI=1S/C15H32N2/c1-4-13(5-2)15(12-16)17(6-3)14-10-8-7-9-11-14/h13-15H,4-12,16H2,1-3H3. The lowest BCUT2D eigenvalue weighted by Gasteiger charge is -2.42. The van der Waals surface area contributed by atoms with Gasteiger partial charge in [0.25, 0.3) is 0 Å². The van der Waals surface area contributed by atoms with E-state index in [-0.39, 0.29) is 0 Å². The molecule has 0 aromatic carbocycles. The van der Waals surface area contributed by atoms with Crippen molar-refractivity contribution < 1.29 is 0 Å². The van der Waals surface area contributed by atoms with E-state index >= 15 is 0 Å². The molecule has 102 valence electrons. The largest absolute Gasteiger partial charge is 0.329 e. The third-order valence-electron chi connectivity index (χ3n) is 4.67. The molecule has 0 aromatic rings. The number of nitrogens with two attached hydrogens (primary N) is 1. The molecule has 1 saturated carbocycles. The van der Waals surface area contributed by atoms with Gasteiger partial charge in [-0.05, 0) is 25.3 Å². The Morgan fingerprint density at radius 2 is 1.65 bits per heavy atom. The summed E-state index contributed by atoms with van der Waals surface area (Å²) in [5.41, 5.74) is 6.07. The molecule has 1 unspecified atom stereocenters. The maximum absolute atomic E-state index is 6.07. The molecule has 0 aromatic heterocycles. The molecule has 2 nitrogen and oxygen atoms in total. The molecule has 1 aliphatic rings. The lowest BCUT2D eigenvalue weighted by atomic mass is 9.88. The van der Waals surface area contributed by atoms with Gasteiger partial charge in [-0.3, -0.25) is 4.90 Å². The minimum Gasteiger partial charge on any atom is -0.329 e. The number of hydrogen-bond acceptors (Lipinski definition) is 2. The Labute approximate surface area is 108 Å². The first-order chi connectivity index (χ1) is 8.28. The van der Waals surface area contributed by atoms with Gasteiger partial charge < -0.3 is 5.73 Å². The molecule has 0 heterocycles. The van der Waals surface area contributed by atoms with Crippen LogP contribution >= 0.6 is 0 Å². The molecule has 2 heteroatoms. The zero-order valence-electron chi connectivity index (χ0n) is 12.1. The summed E-state index contributed by atoms with van der Waals surface area (Å²) < 4.78 is 0. The molecule has 0 radical (unpaired) electrons. The first-order valence-corrected chi connectivity index (χ1v) is 7.74. The van der Waals surface area contributed by atoms with Gasteiger partial charge in [0.15, 0.2) is 0 Å². The lowest BCUT2D eigenvalue weighted by Crippen LogP contribution is -2.50. The van der Waals surface area contributed by atoms with Gasteiger partial charge in [-0.2, -0.15) is 0 Å². The van der Waals surface area contributed by atoms with Crippen molar-refractivity contribution >= 4 is 0 Å². The summed E-state index contributed by atoms with van der Waals surface area (Å²) in [7, 11) is 0. The van der Waals surface area contributed by atoms with E-state index < -0.39 is 0 Å². The average molecular weight is 240 g/mol. The van der Waals surface area contributed by atoms with Crippen molar-refractivity contribution in [3.05, 3.63) is 0 Å². The molecule has 17 heavy (non-hydrogen) atoms. The first kappa shape index (κ1) is 15.0. The highest BCUT2D eigenvalue weighted by atomic mass is 15.2. The highest BCUT2D eigenvalue weighted by molar-refractivity contribution is 4.85. The SMILES string of the molecule is CCC(CC)C(CN)N(CC)C1CCCCC1. The maximum atomic E-state index is 6.07. The first-order valence-electron chi connectivity index (χ1n) is 7.74. The number of nitrogens with zero attached hydrogens (tertiary/aromatic N) is 1. The van der Waals surface area contributed by atoms with E-state index in [1.807, 2.05) is 0 Å². The third kappa shape index (κ3) is 3.96. The van der Waals surface area contributed by atoms with Crippen molar-refractivity contribution in [1.29, 1.82) is 0 Å². The second-order valence-corrected chi connectivity index (χ2v) is 5.50. The van der Waals surface area contributed by atoms with Crippen LogP contribution in [-0.2, 0) is 0 Å². The molecule has 0 aliphatic heterocycles. The second-order valence-electron chi connectivity index (χ2n) is 5.50. The molecule has 0 spiro atoms. The van der Waals surface area contributed by atoms with Crippen LogP contribution in [-0.4, -0.2) is 30.1 Å². The van der Waals surface area contributed by atoms with Gasteiger partial charge in [0, 0.05) is 18.6 Å². The van der Waals surface area contributed by atoms with Gasteiger partial charge in [0.2, 0.25) is 0 Å². The van der Waals surface area contributed by atoms with E-state index in [1.54, 1.807) is 0 Å². The Bertz CT molecular complexity index is 183. The highest BCUT2D eigenvalue weighted by Gasteiger charge is 2.29. The average Bonchev–Trinajstić information content (AvgIpc) is 2.40. The van der Waals surface area contributed by atoms with Crippen molar-refractivity contribution in [2.45, 2.75) is 77.8 Å². The normalized spacial score (nSPS) is 20.1. The fourth-order valence-electron chi connectivity index (χ4n) is 3.61. The Kier molecular flexibility index (Phi) is 7.14. The van der Waals surface area contributed by atoms with Crippen LogP contribution in [0.15, 0.2) is 0 Å². The monoisotopic (exact) mass is 240 g/mol. The summed E-state index contributed by atoms with van der Waals surface area (Å²) in [6, 6.07) is 1.42. The van der Waals surface area contributed by atoms with Crippen molar-refractivity contribution in [3.63, 3.8) is 0 Å². The topological polar surface area (TPSA) is 29.3 Å². The molecule has 0 saturated heterocycles. The highest BCUT2D eigenvalue weighted by Crippen LogP contribution is 2.27. The van der Waals surface area contributed by atoms with E-state index in [2.05, 4.69) is 25.7 Å². The Morgan fingerprint density at radius 3 is 2.06 bits per heavy atom. The quantitative estimate of drug-likeness (QED) is 0.739. The summed E-state index contributed by atoms with van der Waals surface area (Å²) in [5, 5.41) is 0. The molecule has 1 aliphatic carbocycles. The van der Waals surface area contributed by atoms with E-state index in [0.717, 1.165) is 18.5 Å². The Balaban J connectivity index is 2.66. The molecule has 1 fully saturated rings. The van der Waals surface area contributed by atoms with Crippen molar-refractivity contribution in [2.24, 2.45) is 11.7 Å². The van der Waals surface area contributed by atoms with Crippen LogP contribution in [0, 0.1) is 5.92 Å². The summed E-state index contributed by atoms with van der Waals surface area (Å²) in [4.78, 5) is 2.72. The van der Waals surface area contributed by atoms with Crippen LogP contribution in [0.2, 0.25) is 0 Å². The van der Waals surface area contributed by atoms with Crippen molar-refractivity contribution in [1.82, 2.24) is 4.90 Å². The van der Waals surface area contributed by atoms with Gasteiger partial charge in [0.05, 0.1) is 0 Å². The van der Waals surface area contributed by atoms with Crippen LogP contribution in [0.3, 0.4) is 0 Å². The number of rotatable bonds is 7. The van der Waals surface area contributed by atoms with Gasteiger partial charge in [-0.25, -0.2) is 0 Å². The molecule has 1 rings (SSSR count). The second kappa shape index (κ2) is 8.10. The number of likely N-dealkylation sites (N-methyl/N-ethyl adjacent to an activating group) is 1. The zero-order valence-corrected chi connectivity index (χ0v) is 12.1. The summed E-state index contributed by atoms with van der Waals surface area (Å²) in [6.07, 6.45) is 9.59. The lowest BCUT2D eigenvalue weighted by molar-refractivity contribution is 0.0757. The molecule has 1 atom stereocenters. The van der Waals surface area contributed by atoms with E-state index in [4.69, 9.17) is 5.73 Å². The van der Waals surface area contributed by atoms with Gasteiger partial charge in [0.1, 0.15) is 0 Å². The van der Waals surface area contributed by atoms with Crippen LogP contribution in [0.4, 0.5) is 0 Å². The summed E-state index contributed by atoms with van der Waals surface area (Å²) in [6.45, 7) is 8.93. The van der Waals surface area contributed by atoms with E-state index in [1.165, 1.54) is 51.5 Å². The third-order valence-corrected chi connectivity index (χ3v) is 4.67. The van der Waals surface area contributed by atoms with Crippen LogP contribution in [0.25, 0.3) is 0 Å². The predicted octanol–water partition coefficient (Wildman–Crippen LogP) is 3.40. The van der Waals surface area contributed by atoms with E-state index in [9.17, 15) is 0 Å². The minimum absolute atomic E-state index is 0.609. The zero-order chi connectivity index (χ0) is 12.7. The molecule has 0 amide bonds. The van der Waals surface area contributed by atoms with Gasteiger partial charge in [-0.1, -0.05) is 52.9 Å². The predicted molar refractivity (Wildman–Crippen MR) is 76.2 cm³/mol. The Hall–Kier alpha value is -0.0800. The fourth-order valence-corrected chi connectivity index (χ4v) is 3.61. The number of hydrogen-bond donors (Lipinski definition) is 1. The van der Waals surface area contributed by atoms with Crippen LogP contribution in [0.1, 0.15) is 65.7 Å². The molecular weight excluding hydrogens is 208 g/mol. The Morgan fingerprint density at radius 1 is 1.06 bits per heavy atom. The van der Waals surface area contributed by atoms with Crippen molar-refractivity contribution in [3.8, 4) is 0 Å². The minimum atomic E-state index is 0.609. The van der Waals surface area contributed by atoms with Crippen LogP contribution in [0.5, 0.6) is 0 Å². The van der Waals surface area contributed by atoms with E-state index in [0.29, 0.717) is 6.04 Å². The fraction of sp³-hybridized carbons (Fsp3) is 1.00. The smallest absolute Gasteiger partial charge is 0.0249 e. The molecular formula is C15H32N2. The van der Waals surface area contributed by atoms with Crippen LogP contribution < -0.4 is 5.73 Å².